The first-order valence-electron chi connectivity index (χ1n) is 5.88. The van der Waals surface area contributed by atoms with Crippen LogP contribution in [0.3, 0.4) is 0 Å². The number of allylic oxidation sites excluding steroid dienone is 1. The minimum Gasteiger partial charge on any atom is -0.370 e. The Morgan fingerprint density at radius 2 is 2.25 bits per heavy atom. The second-order valence-corrected chi connectivity index (χ2v) is 4.58. The number of rotatable bonds is 4. The lowest BCUT2D eigenvalue weighted by Crippen LogP contribution is -2.05. The van der Waals surface area contributed by atoms with Crippen LogP contribution in [0.15, 0.2) is 30.0 Å². The van der Waals surface area contributed by atoms with Gasteiger partial charge in [-0.25, -0.2) is 4.98 Å². The van der Waals surface area contributed by atoms with Crippen molar-refractivity contribution in [2.24, 2.45) is 0 Å². The summed E-state index contributed by atoms with van der Waals surface area (Å²) >= 11 is 5.77. The first-order chi connectivity index (χ1) is 7.84. The Kier molecular flexibility index (Phi) is 4.23. The third-order valence-electron chi connectivity index (χ3n) is 2.86. The molecule has 0 aliphatic heterocycles. The molecule has 0 aromatic carbocycles. The normalized spacial score (nSPS) is 15.7. The quantitative estimate of drug-likeness (QED) is 0.799. The van der Waals surface area contributed by atoms with Crippen LogP contribution < -0.4 is 5.32 Å². The average molecular weight is 237 g/mol. The molecule has 0 bridgehead atoms. The zero-order valence-electron chi connectivity index (χ0n) is 9.38. The number of halogens is 1. The Morgan fingerprint density at radius 1 is 1.31 bits per heavy atom. The van der Waals surface area contributed by atoms with Gasteiger partial charge in [0, 0.05) is 12.7 Å². The summed E-state index contributed by atoms with van der Waals surface area (Å²) in [6.07, 6.45) is 10.4. The average Bonchev–Trinajstić information content (AvgIpc) is 2.33. The van der Waals surface area contributed by atoms with Crippen LogP contribution in [-0.2, 0) is 0 Å². The van der Waals surface area contributed by atoms with Gasteiger partial charge in [0.1, 0.15) is 5.82 Å². The molecule has 0 spiro atoms. The van der Waals surface area contributed by atoms with Crippen molar-refractivity contribution in [3.8, 4) is 0 Å². The van der Waals surface area contributed by atoms with E-state index in [9.17, 15) is 0 Å². The highest BCUT2D eigenvalue weighted by molar-refractivity contribution is 6.30. The van der Waals surface area contributed by atoms with E-state index in [4.69, 9.17) is 11.6 Å². The topological polar surface area (TPSA) is 24.9 Å². The Balaban J connectivity index is 1.75. The highest BCUT2D eigenvalue weighted by Crippen LogP contribution is 2.20. The van der Waals surface area contributed by atoms with E-state index < -0.39 is 0 Å². The molecule has 1 aromatic rings. The molecule has 1 N–H and O–H groups in total. The molecule has 1 aliphatic carbocycles. The van der Waals surface area contributed by atoms with E-state index in [0.717, 1.165) is 18.8 Å². The van der Waals surface area contributed by atoms with Crippen molar-refractivity contribution in [1.29, 1.82) is 0 Å². The third-order valence-corrected chi connectivity index (χ3v) is 3.09. The number of pyridine rings is 1. The second-order valence-electron chi connectivity index (χ2n) is 4.15. The van der Waals surface area contributed by atoms with Crippen LogP contribution in [-0.4, -0.2) is 11.5 Å². The van der Waals surface area contributed by atoms with Crippen molar-refractivity contribution < 1.29 is 0 Å². The molecule has 2 rings (SSSR count). The fourth-order valence-electron chi connectivity index (χ4n) is 1.96. The molecular weight excluding hydrogens is 220 g/mol. The summed E-state index contributed by atoms with van der Waals surface area (Å²) in [5.41, 5.74) is 1.59. The molecule has 1 aliphatic rings. The maximum absolute atomic E-state index is 5.77. The zero-order valence-corrected chi connectivity index (χ0v) is 10.1. The largest absolute Gasteiger partial charge is 0.370 e. The van der Waals surface area contributed by atoms with E-state index in [1.807, 2.05) is 12.1 Å². The van der Waals surface area contributed by atoms with E-state index in [-0.39, 0.29) is 0 Å². The molecule has 2 nitrogen and oxygen atoms in total. The summed E-state index contributed by atoms with van der Waals surface area (Å²) in [6, 6.07) is 3.77. The molecule has 0 saturated carbocycles. The molecule has 0 radical (unpaired) electrons. The fourth-order valence-corrected chi connectivity index (χ4v) is 2.08. The Labute approximate surface area is 102 Å². The molecule has 0 amide bonds. The fraction of sp³-hybridized carbons (Fsp3) is 0.462. The van der Waals surface area contributed by atoms with Crippen molar-refractivity contribution in [2.45, 2.75) is 32.1 Å². The minimum absolute atomic E-state index is 0.681. The zero-order chi connectivity index (χ0) is 11.2. The van der Waals surface area contributed by atoms with E-state index in [2.05, 4.69) is 16.4 Å². The first-order valence-corrected chi connectivity index (χ1v) is 6.26. The Hall–Kier alpha value is -1.02. The monoisotopic (exact) mass is 236 g/mol. The Bertz CT molecular complexity index is 357. The van der Waals surface area contributed by atoms with Crippen LogP contribution in [0.4, 0.5) is 5.82 Å². The molecule has 1 heterocycles. The Morgan fingerprint density at radius 3 is 2.94 bits per heavy atom. The number of anilines is 1. The first kappa shape index (κ1) is 11.5. The summed E-state index contributed by atoms with van der Waals surface area (Å²) in [4.78, 5) is 4.20. The molecule has 3 heteroatoms. The van der Waals surface area contributed by atoms with Crippen LogP contribution in [0.25, 0.3) is 0 Å². The smallest absolute Gasteiger partial charge is 0.125 e. The van der Waals surface area contributed by atoms with Crippen LogP contribution in [0.5, 0.6) is 0 Å². The molecule has 0 saturated heterocycles. The molecule has 86 valence electrons. The van der Waals surface area contributed by atoms with Crippen molar-refractivity contribution >= 4 is 17.4 Å². The van der Waals surface area contributed by atoms with E-state index in [1.54, 1.807) is 11.8 Å². The van der Waals surface area contributed by atoms with E-state index in [0.29, 0.717) is 5.02 Å². The predicted octanol–water partition coefficient (Wildman–Crippen LogP) is 4.04. The number of hydrogen-bond donors (Lipinski definition) is 1. The van der Waals surface area contributed by atoms with Crippen molar-refractivity contribution in [3.05, 3.63) is 35.0 Å². The van der Waals surface area contributed by atoms with Crippen molar-refractivity contribution in [1.82, 2.24) is 4.98 Å². The lowest BCUT2D eigenvalue weighted by molar-refractivity contribution is 0.679. The predicted molar refractivity (Wildman–Crippen MR) is 68.9 cm³/mol. The molecule has 0 fully saturated rings. The number of hydrogen-bond acceptors (Lipinski definition) is 2. The highest BCUT2D eigenvalue weighted by Gasteiger charge is 2.03. The van der Waals surface area contributed by atoms with Crippen molar-refractivity contribution in [2.75, 3.05) is 11.9 Å². The van der Waals surface area contributed by atoms with Gasteiger partial charge in [-0.3, -0.25) is 0 Å². The minimum atomic E-state index is 0.681. The standard InChI is InChI=1S/C13H17ClN2/c14-12-6-7-13(16-10-12)15-9-8-11-4-2-1-3-5-11/h4,6-7,10H,1-3,5,8-9H2,(H,15,16). The number of nitrogens with one attached hydrogen (secondary N) is 1. The number of nitrogens with zero attached hydrogens (tertiary/aromatic N) is 1. The van der Waals surface area contributed by atoms with Gasteiger partial charge in [-0.15, -0.1) is 0 Å². The van der Waals surface area contributed by atoms with Gasteiger partial charge in [0.2, 0.25) is 0 Å². The van der Waals surface area contributed by atoms with Crippen molar-refractivity contribution in [3.63, 3.8) is 0 Å². The maximum Gasteiger partial charge on any atom is 0.125 e. The van der Waals surface area contributed by atoms with Crippen LogP contribution >= 0.6 is 11.6 Å². The maximum atomic E-state index is 5.77. The lowest BCUT2D eigenvalue weighted by atomic mass is 9.97. The third kappa shape index (κ3) is 3.53. The highest BCUT2D eigenvalue weighted by atomic mass is 35.5. The summed E-state index contributed by atoms with van der Waals surface area (Å²) in [6.45, 7) is 0.959. The molecule has 0 atom stereocenters. The second kappa shape index (κ2) is 5.90. The summed E-state index contributed by atoms with van der Waals surface area (Å²) < 4.78 is 0. The molecule has 1 aromatic heterocycles. The van der Waals surface area contributed by atoms with Crippen LogP contribution in [0.2, 0.25) is 5.02 Å². The summed E-state index contributed by atoms with van der Waals surface area (Å²) in [7, 11) is 0. The van der Waals surface area contributed by atoms with E-state index in [1.165, 1.54) is 25.7 Å². The van der Waals surface area contributed by atoms with Gasteiger partial charge in [0.25, 0.3) is 0 Å². The van der Waals surface area contributed by atoms with Gasteiger partial charge in [0.05, 0.1) is 5.02 Å². The van der Waals surface area contributed by atoms with Gasteiger partial charge < -0.3 is 5.32 Å². The van der Waals surface area contributed by atoms with Crippen LogP contribution in [0.1, 0.15) is 32.1 Å². The number of aromatic nitrogens is 1. The van der Waals surface area contributed by atoms with Gasteiger partial charge >= 0.3 is 0 Å². The summed E-state index contributed by atoms with van der Waals surface area (Å²) in [5, 5.41) is 3.99. The van der Waals surface area contributed by atoms with Crippen LogP contribution in [0, 0.1) is 0 Å². The van der Waals surface area contributed by atoms with E-state index >= 15 is 0 Å². The van der Waals surface area contributed by atoms with Gasteiger partial charge in [-0.1, -0.05) is 23.3 Å². The lowest BCUT2D eigenvalue weighted by Gasteiger charge is -2.13. The molecule has 0 unspecified atom stereocenters. The summed E-state index contributed by atoms with van der Waals surface area (Å²) in [5.74, 6) is 0.904. The molecular formula is C13H17ClN2. The van der Waals surface area contributed by atoms with Gasteiger partial charge in [-0.05, 0) is 44.2 Å². The van der Waals surface area contributed by atoms with Gasteiger partial charge in [-0.2, -0.15) is 0 Å². The molecule has 16 heavy (non-hydrogen) atoms. The van der Waals surface area contributed by atoms with Gasteiger partial charge in [0.15, 0.2) is 0 Å². The SMILES string of the molecule is Clc1ccc(NCCC2=CCCCC2)nc1.